The Balaban J connectivity index is 2.02. The van der Waals surface area contributed by atoms with E-state index in [1.165, 1.54) is 18.7 Å². The first-order chi connectivity index (χ1) is 12.9. The van der Waals surface area contributed by atoms with Crippen LogP contribution in [0.2, 0.25) is 0 Å². The molecule has 7 heteroatoms. The Hall–Kier alpha value is -3.35. The summed E-state index contributed by atoms with van der Waals surface area (Å²) in [5.41, 5.74) is 1.83. The van der Waals surface area contributed by atoms with Crippen LogP contribution in [0.5, 0.6) is 5.75 Å². The smallest absolute Gasteiger partial charge is 0.226 e. The van der Waals surface area contributed by atoms with E-state index in [9.17, 15) is 14.4 Å². The molecule has 0 heterocycles. The molecule has 142 valence electrons. The summed E-state index contributed by atoms with van der Waals surface area (Å²) in [4.78, 5) is 37.0. The largest absolute Gasteiger partial charge is 0.497 e. The molecule has 27 heavy (non-hydrogen) atoms. The molecular weight excluding hydrogens is 346 g/mol. The lowest BCUT2D eigenvalue weighted by atomic mass is 10.2. The van der Waals surface area contributed by atoms with Crippen LogP contribution in [0.1, 0.15) is 20.3 Å². The van der Waals surface area contributed by atoms with Crippen LogP contribution in [0.4, 0.5) is 17.1 Å². The third-order valence-electron chi connectivity index (χ3n) is 3.77. The van der Waals surface area contributed by atoms with Crippen molar-refractivity contribution in [3.8, 4) is 5.75 Å². The fourth-order valence-electron chi connectivity index (χ4n) is 2.56. The van der Waals surface area contributed by atoms with Crippen LogP contribution >= 0.6 is 0 Å². The van der Waals surface area contributed by atoms with Gasteiger partial charge < -0.3 is 20.3 Å². The molecule has 0 aliphatic rings. The molecular formula is C20H23N3O4. The van der Waals surface area contributed by atoms with E-state index in [4.69, 9.17) is 4.74 Å². The average Bonchev–Trinajstić information content (AvgIpc) is 2.61. The number of rotatable bonds is 7. The summed E-state index contributed by atoms with van der Waals surface area (Å²) >= 11 is 0. The van der Waals surface area contributed by atoms with Crippen LogP contribution in [-0.4, -0.2) is 31.4 Å². The second kappa shape index (κ2) is 9.38. The number of anilines is 3. The first kappa shape index (κ1) is 20.0. The van der Waals surface area contributed by atoms with Crippen molar-refractivity contribution < 1.29 is 19.1 Å². The van der Waals surface area contributed by atoms with Gasteiger partial charge >= 0.3 is 0 Å². The van der Waals surface area contributed by atoms with Crippen molar-refractivity contribution in [2.45, 2.75) is 20.3 Å². The number of carbonyl (C=O) groups excluding carboxylic acids is 3. The molecule has 0 fully saturated rings. The zero-order chi connectivity index (χ0) is 19.8. The second-order valence-electron chi connectivity index (χ2n) is 5.93. The predicted molar refractivity (Wildman–Crippen MR) is 105 cm³/mol. The highest BCUT2D eigenvalue weighted by atomic mass is 16.5. The summed E-state index contributed by atoms with van der Waals surface area (Å²) in [5, 5.41) is 5.47. The van der Waals surface area contributed by atoms with Crippen molar-refractivity contribution in [1.29, 1.82) is 0 Å². The molecule has 0 saturated carbocycles. The lowest BCUT2D eigenvalue weighted by Gasteiger charge is -2.21. The van der Waals surface area contributed by atoms with Crippen LogP contribution in [0.3, 0.4) is 0 Å². The van der Waals surface area contributed by atoms with Crippen molar-refractivity contribution in [3.05, 3.63) is 48.5 Å². The summed E-state index contributed by atoms with van der Waals surface area (Å²) in [6.45, 7) is 3.07. The van der Waals surface area contributed by atoms with Gasteiger partial charge in [-0.2, -0.15) is 0 Å². The zero-order valence-corrected chi connectivity index (χ0v) is 15.6. The number of methoxy groups -OCH3 is 1. The molecule has 2 rings (SSSR count). The highest BCUT2D eigenvalue weighted by molar-refractivity contribution is 5.96. The van der Waals surface area contributed by atoms with E-state index in [0.717, 1.165) is 0 Å². The van der Waals surface area contributed by atoms with Crippen molar-refractivity contribution in [2.24, 2.45) is 0 Å². The van der Waals surface area contributed by atoms with Gasteiger partial charge in [-0.15, -0.1) is 0 Å². The van der Waals surface area contributed by atoms with Gasteiger partial charge in [0.05, 0.1) is 7.11 Å². The number of nitrogens with one attached hydrogen (secondary N) is 2. The van der Waals surface area contributed by atoms with Crippen LogP contribution in [0, 0.1) is 0 Å². The number of benzene rings is 2. The quantitative estimate of drug-likeness (QED) is 0.785. The number of carbonyl (C=O) groups is 3. The van der Waals surface area contributed by atoms with E-state index >= 15 is 0 Å². The average molecular weight is 369 g/mol. The van der Waals surface area contributed by atoms with E-state index < -0.39 is 0 Å². The lowest BCUT2D eigenvalue weighted by Crippen LogP contribution is -2.32. The van der Waals surface area contributed by atoms with Crippen molar-refractivity contribution in [3.63, 3.8) is 0 Å². The molecule has 2 aromatic rings. The molecule has 0 radical (unpaired) electrons. The first-order valence-corrected chi connectivity index (χ1v) is 8.48. The molecule has 0 aliphatic carbocycles. The lowest BCUT2D eigenvalue weighted by molar-refractivity contribution is -0.117. The zero-order valence-electron chi connectivity index (χ0n) is 15.6. The van der Waals surface area contributed by atoms with E-state index in [1.807, 2.05) is 0 Å². The van der Waals surface area contributed by atoms with Gasteiger partial charge in [0.2, 0.25) is 17.7 Å². The Morgan fingerprint density at radius 1 is 0.963 bits per heavy atom. The normalized spacial score (nSPS) is 10.0. The molecule has 0 atom stereocenters. The minimum atomic E-state index is -0.215. The highest BCUT2D eigenvalue weighted by Crippen LogP contribution is 2.21. The van der Waals surface area contributed by atoms with Gasteiger partial charge in [-0.1, -0.05) is 12.1 Å². The Kier molecular flexibility index (Phi) is 6.93. The molecule has 7 nitrogen and oxygen atoms in total. The van der Waals surface area contributed by atoms with Crippen LogP contribution in [0.15, 0.2) is 48.5 Å². The van der Waals surface area contributed by atoms with E-state index in [-0.39, 0.29) is 30.7 Å². The van der Waals surface area contributed by atoms with Crippen molar-refractivity contribution >= 4 is 34.8 Å². The Morgan fingerprint density at radius 3 is 2.26 bits per heavy atom. The Labute approximate surface area is 158 Å². The van der Waals surface area contributed by atoms with Gasteiger partial charge in [0.1, 0.15) is 5.75 Å². The van der Waals surface area contributed by atoms with Gasteiger partial charge in [-0.3, -0.25) is 14.4 Å². The summed E-state index contributed by atoms with van der Waals surface area (Å²) in [7, 11) is 1.56. The molecule has 0 spiro atoms. The fraction of sp³-hybridized carbons (Fsp3) is 0.250. The Bertz CT molecular complexity index is 835. The summed E-state index contributed by atoms with van der Waals surface area (Å²) in [5.74, 6) is 0.0452. The highest BCUT2D eigenvalue weighted by Gasteiger charge is 2.14. The maximum absolute atomic E-state index is 12.2. The van der Waals surface area contributed by atoms with Gasteiger partial charge in [-0.25, -0.2) is 0 Å². The minimum absolute atomic E-state index is 0.126. The molecule has 3 amide bonds. The number of hydrogen-bond donors (Lipinski definition) is 2. The second-order valence-corrected chi connectivity index (χ2v) is 5.93. The number of hydrogen-bond acceptors (Lipinski definition) is 4. The van der Waals surface area contributed by atoms with E-state index in [2.05, 4.69) is 10.6 Å². The third kappa shape index (κ3) is 6.14. The maximum atomic E-state index is 12.2. The van der Waals surface area contributed by atoms with Gasteiger partial charge in [0, 0.05) is 49.9 Å². The molecule has 0 bridgehead atoms. The SMILES string of the molecule is COc1cccc(NC(=O)CCN(C(C)=O)c2cccc(NC(C)=O)c2)c1. The summed E-state index contributed by atoms with van der Waals surface area (Å²) in [6, 6.07) is 14.0. The van der Waals surface area contributed by atoms with Crippen molar-refractivity contribution in [1.82, 2.24) is 0 Å². The van der Waals surface area contributed by atoms with Crippen LogP contribution in [-0.2, 0) is 14.4 Å². The predicted octanol–water partition coefficient (Wildman–Crippen LogP) is 3.04. The van der Waals surface area contributed by atoms with Crippen LogP contribution in [0.25, 0.3) is 0 Å². The number of ether oxygens (including phenoxy) is 1. The Morgan fingerprint density at radius 2 is 1.63 bits per heavy atom. The monoisotopic (exact) mass is 369 g/mol. The van der Waals surface area contributed by atoms with E-state index in [1.54, 1.807) is 55.6 Å². The minimum Gasteiger partial charge on any atom is -0.497 e. The molecule has 2 N–H and O–H groups in total. The summed E-state index contributed by atoms with van der Waals surface area (Å²) < 4.78 is 5.13. The standard InChI is InChI=1S/C20H23N3O4/c1-14(24)21-16-6-4-8-18(12-16)23(15(2)25)11-10-20(26)22-17-7-5-9-19(13-17)27-3/h4-9,12-13H,10-11H2,1-3H3,(H,21,24)(H,22,26). The summed E-state index contributed by atoms with van der Waals surface area (Å²) in [6.07, 6.45) is 0.126. The van der Waals surface area contributed by atoms with Crippen molar-refractivity contribution in [2.75, 3.05) is 29.2 Å². The number of nitrogens with zero attached hydrogens (tertiary/aromatic N) is 1. The van der Waals surface area contributed by atoms with Crippen LogP contribution < -0.4 is 20.3 Å². The third-order valence-corrected chi connectivity index (χ3v) is 3.77. The van der Waals surface area contributed by atoms with Gasteiger partial charge in [0.15, 0.2) is 0 Å². The molecule has 0 aliphatic heterocycles. The fourth-order valence-corrected chi connectivity index (χ4v) is 2.56. The molecule has 2 aromatic carbocycles. The maximum Gasteiger partial charge on any atom is 0.226 e. The topological polar surface area (TPSA) is 87.7 Å². The van der Waals surface area contributed by atoms with E-state index in [0.29, 0.717) is 22.8 Å². The molecule has 0 saturated heterocycles. The van der Waals surface area contributed by atoms with Gasteiger partial charge in [-0.05, 0) is 30.3 Å². The molecule has 0 aromatic heterocycles. The number of amides is 3. The van der Waals surface area contributed by atoms with Gasteiger partial charge in [0.25, 0.3) is 0 Å². The molecule has 0 unspecified atom stereocenters. The first-order valence-electron chi connectivity index (χ1n) is 8.48.